The second kappa shape index (κ2) is 6.45. The quantitative estimate of drug-likeness (QED) is 0.624. The summed E-state index contributed by atoms with van der Waals surface area (Å²) in [6, 6.07) is 1.58. The van der Waals surface area contributed by atoms with Gasteiger partial charge >= 0.3 is 5.69 Å². The summed E-state index contributed by atoms with van der Waals surface area (Å²) < 4.78 is 4.31. The van der Waals surface area contributed by atoms with Crippen LogP contribution in [0.1, 0.15) is 18.3 Å². The summed E-state index contributed by atoms with van der Waals surface area (Å²) in [6.45, 7) is 6.71. The molecule has 0 aliphatic carbocycles. The maximum Gasteiger partial charge on any atom is 0.311 e. The van der Waals surface area contributed by atoms with Crippen LogP contribution in [0.3, 0.4) is 0 Å². The molecule has 0 atom stereocenters. The zero-order chi connectivity index (χ0) is 16.4. The van der Waals surface area contributed by atoms with Crippen molar-refractivity contribution in [2.45, 2.75) is 20.3 Å². The second-order valence-electron chi connectivity index (χ2n) is 5.43. The van der Waals surface area contributed by atoms with E-state index in [-0.39, 0.29) is 10.6 Å². The van der Waals surface area contributed by atoms with E-state index >= 15 is 0 Å². The van der Waals surface area contributed by atoms with Crippen LogP contribution < -0.4 is 9.80 Å². The minimum Gasteiger partial charge on any atom is -0.347 e. The highest BCUT2D eigenvalue weighted by Gasteiger charge is 2.26. The smallest absolute Gasteiger partial charge is 0.311 e. The molecule has 0 saturated carbocycles. The van der Waals surface area contributed by atoms with E-state index in [0.717, 1.165) is 36.0 Å². The zero-order valence-electron chi connectivity index (χ0n) is 13.1. The summed E-state index contributed by atoms with van der Waals surface area (Å²) in [6.07, 6.45) is 2.50. The lowest BCUT2D eigenvalue weighted by Crippen LogP contribution is -2.47. The standard InChI is InChI=1S/C14H18N6O2S/c1-3-12-16-14(23-17-12)19-6-4-18(5-7-19)13-11(20(21)22)8-10(2)9-15-13/h8-9H,3-7H2,1-2H3. The molecule has 0 radical (unpaired) electrons. The van der Waals surface area contributed by atoms with Gasteiger partial charge in [0.1, 0.15) is 5.82 Å². The predicted octanol–water partition coefficient (Wildman–Crippen LogP) is 2.04. The van der Waals surface area contributed by atoms with Gasteiger partial charge < -0.3 is 9.80 Å². The molecular weight excluding hydrogens is 316 g/mol. The molecule has 0 unspecified atom stereocenters. The molecule has 0 spiro atoms. The van der Waals surface area contributed by atoms with Crippen LogP contribution in [0, 0.1) is 17.0 Å². The normalized spacial score (nSPS) is 15.0. The Bertz CT molecular complexity index is 711. The van der Waals surface area contributed by atoms with Crippen molar-refractivity contribution in [3.63, 3.8) is 0 Å². The van der Waals surface area contributed by atoms with Crippen molar-refractivity contribution in [2.24, 2.45) is 0 Å². The number of anilines is 2. The van der Waals surface area contributed by atoms with Crippen molar-refractivity contribution >= 4 is 28.2 Å². The summed E-state index contributed by atoms with van der Waals surface area (Å²) in [5.41, 5.74) is 0.864. The highest BCUT2D eigenvalue weighted by atomic mass is 32.1. The predicted molar refractivity (Wildman–Crippen MR) is 89.3 cm³/mol. The average Bonchev–Trinajstić information content (AvgIpc) is 3.04. The molecule has 0 bridgehead atoms. The Morgan fingerprint density at radius 2 is 2.00 bits per heavy atom. The molecule has 0 N–H and O–H groups in total. The summed E-state index contributed by atoms with van der Waals surface area (Å²) in [5, 5.41) is 12.2. The van der Waals surface area contributed by atoms with Crippen molar-refractivity contribution in [1.82, 2.24) is 14.3 Å². The van der Waals surface area contributed by atoms with Crippen molar-refractivity contribution < 1.29 is 4.92 Å². The van der Waals surface area contributed by atoms with E-state index < -0.39 is 0 Å². The molecule has 3 rings (SSSR count). The van der Waals surface area contributed by atoms with Crippen LogP contribution in [-0.4, -0.2) is 45.4 Å². The van der Waals surface area contributed by atoms with Gasteiger partial charge in [-0.05, 0) is 12.5 Å². The minimum atomic E-state index is -0.361. The van der Waals surface area contributed by atoms with Crippen LogP contribution in [0.5, 0.6) is 0 Å². The molecule has 0 aromatic carbocycles. The largest absolute Gasteiger partial charge is 0.347 e. The van der Waals surface area contributed by atoms with Gasteiger partial charge in [-0.3, -0.25) is 10.1 Å². The van der Waals surface area contributed by atoms with Gasteiger partial charge in [0.2, 0.25) is 10.9 Å². The first kappa shape index (κ1) is 15.6. The lowest BCUT2D eigenvalue weighted by Gasteiger charge is -2.34. The van der Waals surface area contributed by atoms with E-state index in [0.29, 0.717) is 18.9 Å². The maximum absolute atomic E-state index is 11.3. The molecule has 0 amide bonds. The number of hydrogen-bond acceptors (Lipinski definition) is 8. The fourth-order valence-electron chi connectivity index (χ4n) is 2.55. The van der Waals surface area contributed by atoms with Gasteiger partial charge in [0.05, 0.1) is 4.92 Å². The van der Waals surface area contributed by atoms with Crippen LogP contribution in [0.2, 0.25) is 0 Å². The Morgan fingerprint density at radius 3 is 2.61 bits per heavy atom. The number of nitrogens with zero attached hydrogens (tertiary/aromatic N) is 6. The molecule has 8 nitrogen and oxygen atoms in total. The van der Waals surface area contributed by atoms with Gasteiger partial charge in [-0.15, -0.1) is 0 Å². The number of piperazine rings is 1. The highest BCUT2D eigenvalue weighted by molar-refractivity contribution is 7.09. The molecule has 1 aliphatic rings. The number of nitro groups is 1. The first-order valence-electron chi connectivity index (χ1n) is 7.52. The summed E-state index contributed by atoms with van der Waals surface area (Å²) in [7, 11) is 0. The number of rotatable bonds is 4. The van der Waals surface area contributed by atoms with Gasteiger partial charge in [-0.1, -0.05) is 6.92 Å². The first-order chi connectivity index (χ1) is 11.1. The molecule has 2 aromatic rings. The molecule has 1 saturated heterocycles. The lowest BCUT2D eigenvalue weighted by atomic mass is 10.2. The summed E-state index contributed by atoms with van der Waals surface area (Å²) in [4.78, 5) is 23.8. The highest BCUT2D eigenvalue weighted by Crippen LogP contribution is 2.28. The van der Waals surface area contributed by atoms with Crippen molar-refractivity contribution in [3.05, 3.63) is 33.8 Å². The first-order valence-corrected chi connectivity index (χ1v) is 8.29. The summed E-state index contributed by atoms with van der Waals surface area (Å²) in [5.74, 6) is 1.31. The Kier molecular flexibility index (Phi) is 4.37. The Morgan fingerprint density at radius 1 is 1.30 bits per heavy atom. The van der Waals surface area contributed by atoms with Crippen molar-refractivity contribution in [3.8, 4) is 0 Å². The number of hydrogen-bond donors (Lipinski definition) is 0. The van der Waals surface area contributed by atoms with Crippen LogP contribution in [0.25, 0.3) is 0 Å². The van der Waals surface area contributed by atoms with Crippen LogP contribution >= 0.6 is 11.5 Å². The third kappa shape index (κ3) is 3.24. The number of pyridine rings is 1. The van der Waals surface area contributed by atoms with E-state index in [1.54, 1.807) is 12.3 Å². The second-order valence-corrected chi connectivity index (χ2v) is 6.16. The Hall–Kier alpha value is -2.29. The molecule has 23 heavy (non-hydrogen) atoms. The Balaban J connectivity index is 1.73. The minimum absolute atomic E-state index is 0.0719. The molecule has 2 aromatic heterocycles. The number of aromatic nitrogens is 3. The summed E-state index contributed by atoms with van der Waals surface area (Å²) >= 11 is 1.41. The van der Waals surface area contributed by atoms with E-state index in [1.807, 2.05) is 18.7 Å². The third-order valence-electron chi connectivity index (χ3n) is 3.80. The van der Waals surface area contributed by atoms with Crippen LogP contribution in [-0.2, 0) is 6.42 Å². The monoisotopic (exact) mass is 334 g/mol. The zero-order valence-corrected chi connectivity index (χ0v) is 13.9. The third-order valence-corrected chi connectivity index (χ3v) is 4.62. The fraction of sp³-hybridized carbons (Fsp3) is 0.500. The molecule has 3 heterocycles. The maximum atomic E-state index is 11.3. The van der Waals surface area contributed by atoms with E-state index in [4.69, 9.17) is 0 Å². The molecule has 122 valence electrons. The van der Waals surface area contributed by atoms with Crippen LogP contribution in [0.4, 0.5) is 16.6 Å². The number of aryl methyl sites for hydroxylation is 2. The van der Waals surface area contributed by atoms with Gasteiger partial charge in [0.25, 0.3) is 0 Å². The SMILES string of the molecule is CCc1nsc(N2CCN(c3ncc(C)cc3[N+](=O)[O-])CC2)n1. The van der Waals surface area contributed by atoms with E-state index in [9.17, 15) is 10.1 Å². The average molecular weight is 334 g/mol. The molecule has 9 heteroatoms. The van der Waals surface area contributed by atoms with E-state index in [1.165, 1.54) is 11.5 Å². The topological polar surface area (TPSA) is 88.3 Å². The van der Waals surface area contributed by atoms with Crippen molar-refractivity contribution in [1.29, 1.82) is 0 Å². The van der Waals surface area contributed by atoms with E-state index in [2.05, 4.69) is 19.2 Å². The van der Waals surface area contributed by atoms with Crippen molar-refractivity contribution in [2.75, 3.05) is 36.0 Å². The molecule has 1 aliphatic heterocycles. The van der Waals surface area contributed by atoms with Gasteiger partial charge in [-0.2, -0.15) is 4.37 Å². The van der Waals surface area contributed by atoms with Gasteiger partial charge in [0.15, 0.2) is 0 Å². The molecule has 1 fully saturated rings. The Labute approximate surface area is 138 Å². The van der Waals surface area contributed by atoms with Gasteiger partial charge in [-0.25, -0.2) is 9.97 Å². The van der Waals surface area contributed by atoms with Crippen LogP contribution in [0.15, 0.2) is 12.3 Å². The fourth-order valence-corrected chi connectivity index (χ4v) is 3.35. The van der Waals surface area contributed by atoms with Gasteiger partial charge in [0, 0.05) is 56.4 Å². The lowest BCUT2D eigenvalue weighted by molar-refractivity contribution is -0.384. The molecular formula is C14H18N6O2S.